The van der Waals surface area contributed by atoms with E-state index in [1.54, 1.807) is 0 Å². The summed E-state index contributed by atoms with van der Waals surface area (Å²) < 4.78 is 49.6. The lowest BCUT2D eigenvalue weighted by atomic mass is 10.0. The molecule has 2 saturated carbocycles. The number of anilines is 1. The number of nitrogen functional groups attached to an aromatic ring is 1. The van der Waals surface area contributed by atoms with Crippen molar-refractivity contribution in [1.82, 2.24) is 19.7 Å². The quantitative estimate of drug-likeness (QED) is 0.745. The molecular formula is C22H28F3N5O2. The Morgan fingerprint density at radius 2 is 1.84 bits per heavy atom. The molecule has 5 rings (SSSR count). The molecule has 2 aliphatic carbocycles. The Morgan fingerprint density at radius 1 is 1.16 bits per heavy atom. The summed E-state index contributed by atoms with van der Waals surface area (Å²) in [5.41, 5.74) is 7.77. The number of rotatable bonds is 5. The van der Waals surface area contributed by atoms with Crippen LogP contribution in [0.3, 0.4) is 0 Å². The van der Waals surface area contributed by atoms with Crippen molar-refractivity contribution in [3.05, 3.63) is 24.0 Å². The van der Waals surface area contributed by atoms with Gasteiger partial charge in [-0.3, -0.25) is 9.58 Å². The fourth-order valence-electron chi connectivity index (χ4n) is 5.51. The molecule has 174 valence electrons. The fourth-order valence-corrected chi connectivity index (χ4v) is 5.51. The number of ether oxygens (including phenoxy) is 2. The van der Waals surface area contributed by atoms with Gasteiger partial charge in [0.2, 0.25) is 0 Å². The van der Waals surface area contributed by atoms with Crippen molar-refractivity contribution in [3.8, 4) is 17.0 Å². The molecule has 3 aliphatic rings. The first kappa shape index (κ1) is 21.5. The van der Waals surface area contributed by atoms with Gasteiger partial charge in [0.25, 0.3) is 0 Å². The lowest BCUT2D eigenvalue weighted by Crippen LogP contribution is -2.43. The van der Waals surface area contributed by atoms with E-state index in [2.05, 4.69) is 28.5 Å². The molecule has 4 atom stereocenters. The highest BCUT2D eigenvalue weighted by molar-refractivity contribution is 5.64. The van der Waals surface area contributed by atoms with Crippen molar-refractivity contribution < 1.29 is 22.6 Å². The summed E-state index contributed by atoms with van der Waals surface area (Å²) in [7, 11) is 0. The third kappa shape index (κ3) is 4.05. The van der Waals surface area contributed by atoms with Crippen LogP contribution in [0.25, 0.3) is 11.3 Å². The van der Waals surface area contributed by atoms with Gasteiger partial charge < -0.3 is 15.2 Å². The van der Waals surface area contributed by atoms with Crippen LogP contribution < -0.4 is 10.5 Å². The minimum Gasteiger partial charge on any atom is -0.402 e. The molecule has 3 fully saturated rings. The molecule has 32 heavy (non-hydrogen) atoms. The smallest absolute Gasteiger partial charge is 0.402 e. The molecule has 0 amide bonds. The second-order valence-corrected chi connectivity index (χ2v) is 9.27. The summed E-state index contributed by atoms with van der Waals surface area (Å²) in [6.07, 6.45) is -1.03. The van der Waals surface area contributed by atoms with Crippen molar-refractivity contribution >= 4 is 5.82 Å². The Kier molecular flexibility index (Phi) is 5.32. The minimum absolute atomic E-state index is 0.141. The number of fused-ring (bicyclic) bond motifs is 1. The van der Waals surface area contributed by atoms with Crippen LogP contribution in [0, 0.1) is 11.8 Å². The first-order valence-electron chi connectivity index (χ1n) is 11.1. The lowest BCUT2D eigenvalue weighted by Gasteiger charge is -2.33. The molecule has 2 aromatic rings. The molecule has 0 spiro atoms. The zero-order chi connectivity index (χ0) is 22.6. The first-order valence-corrected chi connectivity index (χ1v) is 11.1. The Morgan fingerprint density at radius 3 is 2.47 bits per heavy atom. The zero-order valence-electron chi connectivity index (χ0n) is 18.2. The normalized spacial score (nSPS) is 28.2. The summed E-state index contributed by atoms with van der Waals surface area (Å²) in [5.74, 6) is 0.911. The standard InChI is InChI=1S/C22H28F3N5O2/c1-12(2)30-18(20-15-8-14(9-16(15)20)29-3-5-31-6-4-29)10-17(28-30)13-7-19(21(26)27-11-13)32-22(23,24)25/h7,10-12,14-16,20H,3-6,8-9H2,1-2H3,(H2,26,27)/t14?,15-,16+,20+. The van der Waals surface area contributed by atoms with Crippen molar-refractivity contribution in [3.63, 3.8) is 0 Å². The average Bonchev–Trinajstić information content (AvgIpc) is 3.09. The summed E-state index contributed by atoms with van der Waals surface area (Å²) in [5, 5.41) is 4.72. The number of hydrogen-bond acceptors (Lipinski definition) is 6. The minimum atomic E-state index is -4.83. The first-order chi connectivity index (χ1) is 15.2. The largest absolute Gasteiger partial charge is 0.573 e. The van der Waals surface area contributed by atoms with Crippen LogP contribution in [-0.4, -0.2) is 58.4 Å². The highest BCUT2D eigenvalue weighted by Gasteiger charge is 2.58. The van der Waals surface area contributed by atoms with Gasteiger partial charge in [-0.05, 0) is 50.7 Å². The number of pyridine rings is 1. The van der Waals surface area contributed by atoms with Gasteiger partial charge in [-0.2, -0.15) is 5.10 Å². The second kappa shape index (κ2) is 7.91. The summed E-state index contributed by atoms with van der Waals surface area (Å²) in [6, 6.07) is 4.03. The maximum Gasteiger partial charge on any atom is 0.573 e. The van der Waals surface area contributed by atoms with Crippen LogP contribution in [0.4, 0.5) is 19.0 Å². The molecule has 0 radical (unpaired) electrons. The molecule has 1 aliphatic heterocycles. The molecule has 7 nitrogen and oxygen atoms in total. The zero-order valence-corrected chi connectivity index (χ0v) is 18.2. The Hall–Kier alpha value is -2.33. The number of halogens is 3. The number of aromatic nitrogens is 3. The van der Waals surface area contributed by atoms with E-state index in [0.29, 0.717) is 35.1 Å². The van der Waals surface area contributed by atoms with Gasteiger partial charge in [-0.15, -0.1) is 13.2 Å². The molecule has 0 aromatic carbocycles. The van der Waals surface area contributed by atoms with E-state index in [1.807, 2.05) is 10.7 Å². The monoisotopic (exact) mass is 451 g/mol. The van der Waals surface area contributed by atoms with Crippen LogP contribution in [0.15, 0.2) is 18.3 Å². The predicted molar refractivity (Wildman–Crippen MR) is 112 cm³/mol. The van der Waals surface area contributed by atoms with E-state index in [0.717, 1.165) is 32.0 Å². The van der Waals surface area contributed by atoms with E-state index >= 15 is 0 Å². The number of nitrogens with two attached hydrogens (primary N) is 1. The van der Waals surface area contributed by atoms with E-state index < -0.39 is 12.1 Å². The number of nitrogens with zero attached hydrogens (tertiary/aromatic N) is 4. The maximum absolute atomic E-state index is 12.7. The molecule has 3 heterocycles. The third-order valence-electron chi connectivity index (χ3n) is 6.98. The SMILES string of the molecule is CC(C)n1nc(-c2cnc(N)c(OC(F)(F)F)c2)cc1[C@H]1[C@@H]2CC(N3CCOCC3)C[C@@H]21. The molecule has 0 bridgehead atoms. The average molecular weight is 451 g/mol. The maximum atomic E-state index is 12.7. The molecule has 2 N–H and O–H groups in total. The third-order valence-corrected chi connectivity index (χ3v) is 6.98. The molecule has 1 saturated heterocycles. The van der Waals surface area contributed by atoms with Crippen LogP contribution in [0.5, 0.6) is 5.75 Å². The van der Waals surface area contributed by atoms with Crippen LogP contribution >= 0.6 is 0 Å². The van der Waals surface area contributed by atoms with Crippen LogP contribution in [-0.2, 0) is 4.74 Å². The van der Waals surface area contributed by atoms with Gasteiger partial charge in [0, 0.05) is 48.5 Å². The van der Waals surface area contributed by atoms with Crippen molar-refractivity contribution in [2.75, 3.05) is 32.0 Å². The Bertz CT molecular complexity index is 974. The summed E-state index contributed by atoms with van der Waals surface area (Å²) in [6.45, 7) is 7.77. The fraction of sp³-hybridized carbons (Fsp3) is 0.636. The van der Waals surface area contributed by atoms with Crippen molar-refractivity contribution in [1.29, 1.82) is 0 Å². The van der Waals surface area contributed by atoms with Crippen molar-refractivity contribution in [2.45, 2.75) is 51.1 Å². The lowest BCUT2D eigenvalue weighted by molar-refractivity contribution is -0.274. The van der Waals surface area contributed by atoms with Gasteiger partial charge in [-0.25, -0.2) is 4.98 Å². The molecule has 2 aromatic heterocycles. The molecule has 10 heteroatoms. The van der Waals surface area contributed by atoms with Crippen LogP contribution in [0.1, 0.15) is 44.3 Å². The van der Waals surface area contributed by atoms with Crippen molar-refractivity contribution in [2.24, 2.45) is 11.8 Å². The Labute approximate surface area is 184 Å². The number of hydrogen-bond donors (Lipinski definition) is 1. The second-order valence-electron chi connectivity index (χ2n) is 9.27. The van der Waals surface area contributed by atoms with Gasteiger partial charge in [0.15, 0.2) is 11.6 Å². The highest BCUT2D eigenvalue weighted by Crippen LogP contribution is 2.64. The number of morpholine rings is 1. The van der Waals surface area contributed by atoms with E-state index in [1.165, 1.54) is 25.1 Å². The van der Waals surface area contributed by atoms with Gasteiger partial charge in [0.1, 0.15) is 0 Å². The molecular weight excluding hydrogens is 423 g/mol. The predicted octanol–water partition coefficient (Wildman–Crippen LogP) is 3.83. The van der Waals surface area contributed by atoms with E-state index in [4.69, 9.17) is 15.6 Å². The topological polar surface area (TPSA) is 78.4 Å². The summed E-state index contributed by atoms with van der Waals surface area (Å²) >= 11 is 0. The van der Waals surface area contributed by atoms with E-state index in [-0.39, 0.29) is 11.9 Å². The van der Waals surface area contributed by atoms with Crippen LogP contribution in [0.2, 0.25) is 0 Å². The highest BCUT2D eigenvalue weighted by atomic mass is 19.4. The molecule has 1 unspecified atom stereocenters. The number of alkyl halides is 3. The van der Waals surface area contributed by atoms with Gasteiger partial charge >= 0.3 is 6.36 Å². The summed E-state index contributed by atoms with van der Waals surface area (Å²) in [4.78, 5) is 6.45. The van der Waals surface area contributed by atoms with Gasteiger partial charge in [-0.1, -0.05) is 0 Å². The van der Waals surface area contributed by atoms with E-state index in [9.17, 15) is 13.2 Å². The van der Waals surface area contributed by atoms with Gasteiger partial charge in [0.05, 0.1) is 18.9 Å². The Balaban J connectivity index is 1.36.